The summed E-state index contributed by atoms with van der Waals surface area (Å²) >= 11 is 0. The summed E-state index contributed by atoms with van der Waals surface area (Å²) in [5, 5.41) is 3.42. The molecule has 0 aromatic carbocycles. The molecule has 0 bridgehead atoms. The van der Waals surface area contributed by atoms with Gasteiger partial charge in [-0.1, -0.05) is 0 Å². The van der Waals surface area contributed by atoms with Crippen LogP contribution in [-0.2, 0) is 4.74 Å². The van der Waals surface area contributed by atoms with Gasteiger partial charge in [0.05, 0.1) is 6.61 Å². The zero-order chi connectivity index (χ0) is 14.7. The van der Waals surface area contributed by atoms with Gasteiger partial charge in [0.15, 0.2) is 5.96 Å². The summed E-state index contributed by atoms with van der Waals surface area (Å²) in [6, 6.07) is 0. The minimum absolute atomic E-state index is 0.587. The number of ether oxygens (including phenoxy) is 1. The summed E-state index contributed by atoms with van der Waals surface area (Å²) < 4.78 is 5.74. The lowest BCUT2D eigenvalue weighted by Crippen LogP contribution is -2.41. The predicted molar refractivity (Wildman–Crippen MR) is 86.5 cm³/mol. The van der Waals surface area contributed by atoms with Crippen LogP contribution < -0.4 is 5.32 Å². The van der Waals surface area contributed by atoms with Gasteiger partial charge in [0.25, 0.3) is 0 Å². The molecule has 0 aromatic rings. The van der Waals surface area contributed by atoms with E-state index in [0.29, 0.717) is 5.41 Å². The van der Waals surface area contributed by atoms with Gasteiger partial charge in [-0.15, -0.1) is 0 Å². The van der Waals surface area contributed by atoms with Gasteiger partial charge in [0.1, 0.15) is 0 Å². The van der Waals surface area contributed by atoms with Crippen molar-refractivity contribution in [2.45, 2.75) is 45.4 Å². The van der Waals surface area contributed by atoms with Crippen LogP contribution in [0.2, 0.25) is 0 Å². The van der Waals surface area contributed by atoms with Crippen LogP contribution in [0.1, 0.15) is 45.4 Å². The zero-order valence-electron chi connectivity index (χ0n) is 13.7. The van der Waals surface area contributed by atoms with E-state index in [9.17, 15) is 0 Å². The first-order valence-corrected chi connectivity index (χ1v) is 8.81. The molecule has 0 amide bonds. The molecular formula is C17H31N3O. The molecular weight excluding hydrogens is 262 g/mol. The second-order valence-corrected chi connectivity index (χ2v) is 7.25. The molecule has 4 nitrogen and oxygen atoms in total. The average Bonchev–Trinajstić information content (AvgIpc) is 3.33. The number of likely N-dealkylation sites (N-methyl/N-ethyl adjacent to an activating group) is 1. The van der Waals surface area contributed by atoms with Gasteiger partial charge >= 0.3 is 0 Å². The van der Waals surface area contributed by atoms with Crippen molar-refractivity contribution in [3.63, 3.8) is 0 Å². The molecule has 4 heteroatoms. The fourth-order valence-electron chi connectivity index (χ4n) is 3.10. The molecule has 0 saturated heterocycles. The fraction of sp³-hybridized carbons (Fsp3) is 0.941. The minimum atomic E-state index is 0.587. The largest absolute Gasteiger partial charge is 0.379 e. The summed E-state index contributed by atoms with van der Waals surface area (Å²) in [7, 11) is 2.12. The molecule has 3 rings (SSSR count). The minimum Gasteiger partial charge on any atom is -0.379 e. The standard InChI is InChI=1S/C17H31N3O/c1-3-18-16(19-13-17(8-9-17)15-6-7-15)20(2)10-11-21-12-14-4-5-14/h14-15H,3-13H2,1-2H3,(H,18,19). The van der Waals surface area contributed by atoms with Gasteiger partial charge in [0.2, 0.25) is 0 Å². The van der Waals surface area contributed by atoms with Gasteiger partial charge in [-0.2, -0.15) is 0 Å². The fourth-order valence-corrected chi connectivity index (χ4v) is 3.10. The summed E-state index contributed by atoms with van der Waals surface area (Å²) in [5.41, 5.74) is 0.587. The Hall–Kier alpha value is -0.770. The van der Waals surface area contributed by atoms with E-state index in [0.717, 1.165) is 50.6 Å². The molecule has 21 heavy (non-hydrogen) atoms. The van der Waals surface area contributed by atoms with Crippen molar-refractivity contribution in [2.24, 2.45) is 22.2 Å². The Morgan fingerprint density at radius 1 is 1.29 bits per heavy atom. The van der Waals surface area contributed by atoms with Crippen LogP contribution in [0.25, 0.3) is 0 Å². The summed E-state index contributed by atoms with van der Waals surface area (Å²) in [5.74, 6) is 2.89. The van der Waals surface area contributed by atoms with Crippen molar-refractivity contribution >= 4 is 5.96 Å². The lowest BCUT2D eigenvalue weighted by Gasteiger charge is -2.23. The van der Waals surface area contributed by atoms with Crippen LogP contribution in [0.4, 0.5) is 0 Å². The molecule has 0 unspecified atom stereocenters. The molecule has 3 aliphatic rings. The Kier molecular flexibility index (Phi) is 4.72. The smallest absolute Gasteiger partial charge is 0.193 e. The topological polar surface area (TPSA) is 36.9 Å². The van der Waals surface area contributed by atoms with Crippen molar-refractivity contribution in [1.29, 1.82) is 0 Å². The third-order valence-corrected chi connectivity index (χ3v) is 5.20. The molecule has 0 aromatic heterocycles. The van der Waals surface area contributed by atoms with Gasteiger partial charge in [-0.3, -0.25) is 4.99 Å². The van der Waals surface area contributed by atoms with Gasteiger partial charge in [-0.05, 0) is 62.7 Å². The molecule has 0 spiro atoms. The Labute approximate surface area is 129 Å². The second-order valence-electron chi connectivity index (χ2n) is 7.25. The second kappa shape index (κ2) is 6.55. The van der Waals surface area contributed by atoms with E-state index in [1.54, 1.807) is 0 Å². The highest BCUT2D eigenvalue weighted by Crippen LogP contribution is 2.61. The third kappa shape index (κ3) is 4.35. The highest BCUT2D eigenvalue weighted by atomic mass is 16.5. The van der Waals surface area contributed by atoms with Crippen molar-refractivity contribution < 1.29 is 4.74 Å². The third-order valence-electron chi connectivity index (χ3n) is 5.20. The van der Waals surface area contributed by atoms with Crippen LogP contribution in [0.5, 0.6) is 0 Å². The normalized spacial score (nSPS) is 24.0. The van der Waals surface area contributed by atoms with E-state index in [4.69, 9.17) is 9.73 Å². The van der Waals surface area contributed by atoms with Crippen LogP contribution >= 0.6 is 0 Å². The first-order valence-electron chi connectivity index (χ1n) is 8.81. The maximum absolute atomic E-state index is 5.74. The zero-order valence-corrected chi connectivity index (χ0v) is 13.7. The van der Waals surface area contributed by atoms with Gasteiger partial charge in [-0.25, -0.2) is 0 Å². The quantitative estimate of drug-likeness (QED) is 0.403. The van der Waals surface area contributed by atoms with Crippen LogP contribution in [0.15, 0.2) is 4.99 Å². The number of hydrogen-bond donors (Lipinski definition) is 1. The molecule has 3 fully saturated rings. The number of nitrogens with one attached hydrogen (secondary N) is 1. The molecule has 3 aliphatic carbocycles. The molecule has 0 atom stereocenters. The maximum atomic E-state index is 5.74. The van der Waals surface area contributed by atoms with Crippen molar-refractivity contribution in [3.8, 4) is 0 Å². The SMILES string of the molecule is CCNC(=NCC1(C2CC2)CC1)N(C)CCOCC1CC1. The van der Waals surface area contributed by atoms with Gasteiger partial charge < -0.3 is 15.0 Å². The highest BCUT2D eigenvalue weighted by molar-refractivity contribution is 5.79. The lowest BCUT2D eigenvalue weighted by atomic mass is 10.0. The Balaban J connectivity index is 1.42. The molecule has 0 aliphatic heterocycles. The van der Waals surface area contributed by atoms with E-state index in [1.165, 1.54) is 38.5 Å². The van der Waals surface area contributed by atoms with Crippen LogP contribution in [0, 0.1) is 17.3 Å². The molecule has 120 valence electrons. The lowest BCUT2D eigenvalue weighted by molar-refractivity contribution is 0.115. The summed E-state index contributed by atoms with van der Waals surface area (Å²) in [4.78, 5) is 7.13. The van der Waals surface area contributed by atoms with Crippen molar-refractivity contribution in [1.82, 2.24) is 10.2 Å². The van der Waals surface area contributed by atoms with Crippen molar-refractivity contribution in [3.05, 3.63) is 0 Å². The molecule has 0 heterocycles. The first-order chi connectivity index (χ1) is 10.2. The van der Waals surface area contributed by atoms with E-state index in [1.807, 2.05) is 0 Å². The molecule has 0 radical (unpaired) electrons. The number of nitrogens with zero attached hydrogens (tertiary/aromatic N) is 2. The molecule has 1 N–H and O–H groups in total. The van der Waals surface area contributed by atoms with E-state index in [-0.39, 0.29) is 0 Å². The maximum Gasteiger partial charge on any atom is 0.193 e. The Morgan fingerprint density at radius 3 is 2.62 bits per heavy atom. The summed E-state index contributed by atoms with van der Waals surface area (Å²) in [6.07, 6.45) is 8.41. The summed E-state index contributed by atoms with van der Waals surface area (Å²) in [6.45, 7) is 6.78. The Bertz CT molecular complexity index is 370. The number of rotatable bonds is 9. The monoisotopic (exact) mass is 293 g/mol. The van der Waals surface area contributed by atoms with Crippen molar-refractivity contribution in [2.75, 3.05) is 39.9 Å². The van der Waals surface area contributed by atoms with Gasteiger partial charge in [0, 0.05) is 33.3 Å². The predicted octanol–water partition coefficient (Wildman–Crippen LogP) is 2.50. The molecule has 3 saturated carbocycles. The Morgan fingerprint density at radius 2 is 2.05 bits per heavy atom. The van der Waals surface area contributed by atoms with E-state index in [2.05, 4.69) is 24.2 Å². The number of hydrogen-bond acceptors (Lipinski definition) is 2. The average molecular weight is 293 g/mol. The van der Waals surface area contributed by atoms with Crippen LogP contribution in [-0.4, -0.2) is 50.8 Å². The first kappa shape index (κ1) is 15.1. The number of aliphatic imine (C=N–C) groups is 1. The van der Waals surface area contributed by atoms with E-state index >= 15 is 0 Å². The highest BCUT2D eigenvalue weighted by Gasteiger charge is 2.53. The number of guanidine groups is 1. The van der Waals surface area contributed by atoms with E-state index < -0.39 is 0 Å². The van der Waals surface area contributed by atoms with Crippen LogP contribution in [0.3, 0.4) is 0 Å².